The van der Waals surface area contributed by atoms with Gasteiger partial charge in [-0.1, -0.05) is 17.7 Å². The van der Waals surface area contributed by atoms with E-state index in [4.69, 9.17) is 11.6 Å². The highest BCUT2D eigenvalue weighted by Gasteiger charge is 2.10. The second-order valence-electron chi connectivity index (χ2n) is 3.04. The molecule has 1 aromatic carbocycles. The lowest BCUT2D eigenvalue weighted by atomic mass is 10.3. The average Bonchev–Trinajstić information content (AvgIpc) is 2.28. The molecule has 0 spiro atoms. The van der Waals surface area contributed by atoms with E-state index in [1.807, 2.05) is 0 Å². The van der Waals surface area contributed by atoms with Gasteiger partial charge < -0.3 is 10.6 Å². The van der Waals surface area contributed by atoms with Gasteiger partial charge in [0.1, 0.15) is 0 Å². The molecule has 0 atom stereocenters. The van der Waals surface area contributed by atoms with Crippen LogP contribution < -0.4 is 10.6 Å². The van der Waals surface area contributed by atoms with Gasteiger partial charge in [-0.2, -0.15) is 0 Å². The molecule has 0 aliphatic carbocycles. The summed E-state index contributed by atoms with van der Waals surface area (Å²) in [5, 5.41) is 15.5. The van der Waals surface area contributed by atoms with Crippen molar-refractivity contribution in [1.29, 1.82) is 0 Å². The number of nitro groups is 1. The Bertz CT molecular complexity index is 462. The van der Waals surface area contributed by atoms with Crippen molar-refractivity contribution in [3.05, 3.63) is 46.0 Å². The van der Waals surface area contributed by atoms with Gasteiger partial charge in [0, 0.05) is 18.7 Å². The van der Waals surface area contributed by atoms with Gasteiger partial charge in [0.15, 0.2) is 0 Å². The molecule has 0 radical (unpaired) electrons. The fourth-order valence-corrected chi connectivity index (χ4v) is 1.27. The van der Waals surface area contributed by atoms with E-state index >= 15 is 0 Å². The molecule has 0 unspecified atom stereocenters. The van der Waals surface area contributed by atoms with Crippen LogP contribution >= 0.6 is 11.6 Å². The van der Waals surface area contributed by atoms with Crippen molar-refractivity contribution in [3.63, 3.8) is 0 Å². The molecule has 2 N–H and O–H groups in total. The third-order valence-corrected chi connectivity index (χ3v) is 2.13. The molecule has 17 heavy (non-hydrogen) atoms. The van der Waals surface area contributed by atoms with Crippen LogP contribution in [-0.4, -0.2) is 17.5 Å². The molecule has 0 aliphatic rings. The van der Waals surface area contributed by atoms with Crippen LogP contribution in [0.5, 0.6) is 0 Å². The predicted octanol–water partition coefficient (Wildman–Crippen LogP) is 2.56. The number of nitrogens with zero attached hydrogens (tertiary/aromatic N) is 1. The van der Waals surface area contributed by atoms with Crippen LogP contribution in [0.3, 0.4) is 0 Å². The lowest BCUT2D eigenvalue weighted by Crippen LogP contribution is -2.28. The molecule has 0 saturated heterocycles. The summed E-state index contributed by atoms with van der Waals surface area (Å²) < 4.78 is 0. The number of halogens is 1. The van der Waals surface area contributed by atoms with Crippen molar-refractivity contribution in [1.82, 2.24) is 5.32 Å². The van der Waals surface area contributed by atoms with E-state index in [2.05, 4.69) is 17.2 Å². The number of benzene rings is 1. The van der Waals surface area contributed by atoms with Crippen molar-refractivity contribution < 1.29 is 9.72 Å². The van der Waals surface area contributed by atoms with Gasteiger partial charge in [0.05, 0.1) is 15.6 Å². The van der Waals surface area contributed by atoms with Gasteiger partial charge in [-0.25, -0.2) is 4.79 Å². The van der Waals surface area contributed by atoms with Crippen LogP contribution in [0.1, 0.15) is 0 Å². The molecule has 1 rings (SSSR count). The number of hydrogen-bond acceptors (Lipinski definition) is 3. The Kier molecular flexibility index (Phi) is 4.47. The fraction of sp³-hybridized carbons (Fsp3) is 0.100. The minimum atomic E-state index is -0.562. The Morgan fingerprint density at radius 3 is 2.82 bits per heavy atom. The average molecular weight is 256 g/mol. The number of urea groups is 1. The van der Waals surface area contributed by atoms with Crippen LogP contribution in [0, 0.1) is 10.1 Å². The molecular formula is C10H10ClN3O3. The lowest BCUT2D eigenvalue weighted by Gasteiger charge is -2.07. The summed E-state index contributed by atoms with van der Waals surface area (Å²) in [5.74, 6) is 0. The summed E-state index contributed by atoms with van der Waals surface area (Å²) in [6, 6.07) is 3.34. The molecular weight excluding hydrogens is 246 g/mol. The third kappa shape index (κ3) is 3.76. The zero-order valence-electron chi connectivity index (χ0n) is 8.77. The normalized spacial score (nSPS) is 9.47. The summed E-state index contributed by atoms with van der Waals surface area (Å²) in [5.41, 5.74) is 0.172. The zero-order valence-corrected chi connectivity index (χ0v) is 9.53. The van der Waals surface area contributed by atoms with Crippen LogP contribution in [0.4, 0.5) is 16.2 Å². The molecule has 1 aromatic rings. The highest BCUT2D eigenvalue weighted by atomic mass is 35.5. The monoisotopic (exact) mass is 255 g/mol. The van der Waals surface area contributed by atoms with E-state index in [0.29, 0.717) is 12.2 Å². The number of hydrogen-bond donors (Lipinski definition) is 2. The largest absolute Gasteiger partial charge is 0.334 e. The molecule has 90 valence electrons. The quantitative estimate of drug-likeness (QED) is 0.493. The number of anilines is 1. The number of amides is 2. The van der Waals surface area contributed by atoms with Gasteiger partial charge in [-0.3, -0.25) is 10.1 Å². The first-order chi connectivity index (χ1) is 8.04. The van der Waals surface area contributed by atoms with Gasteiger partial charge in [0.2, 0.25) is 0 Å². The Morgan fingerprint density at radius 2 is 2.29 bits per heavy atom. The molecule has 2 amide bonds. The summed E-state index contributed by atoms with van der Waals surface area (Å²) >= 11 is 5.78. The number of nitrogens with one attached hydrogen (secondary N) is 2. The Labute approximate surface area is 102 Å². The Balaban J connectivity index is 2.75. The molecule has 0 heterocycles. The van der Waals surface area contributed by atoms with Crippen LogP contribution in [0.2, 0.25) is 5.02 Å². The standard InChI is InChI=1S/C10H10ClN3O3/c1-2-5-12-10(15)13-9-4-3-7(14(16)17)6-8(9)11/h2-4,6H,1,5H2,(H2,12,13,15). The highest BCUT2D eigenvalue weighted by molar-refractivity contribution is 6.33. The minimum Gasteiger partial charge on any atom is -0.334 e. The van der Waals surface area contributed by atoms with Gasteiger partial charge in [0.25, 0.3) is 5.69 Å². The number of carbonyl (C=O) groups excluding carboxylic acids is 1. The first-order valence-corrected chi connectivity index (χ1v) is 5.02. The van der Waals surface area contributed by atoms with Gasteiger partial charge in [-0.05, 0) is 6.07 Å². The van der Waals surface area contributed by atoms with E-state index in [-0.39, 0.29) is 10.7 Å². The van der Waals surface area contributed by atoms with E-state index in [9.17, 15) is 14.9 Å². The van der Waals surface area contributed by atoms with Crippen molar-refractivity contribution in [2.45, 2.75) is 0 Å². The number of nitro benzene ring substituents is 1. The molecule has 6 nitrogen and oxygen atoms in total. The molecule has 0 aliphatic heterocycles. The minimum absolute atomic E-state index is 0.105. The molecule has 0 saturated carbocycles. The lowest BCUT2D eigenvalue weighted by molar-refractivity contribution is -0.384. The van der Waals surface area contributed by atoms with Crippen molar-refractivity contribution in [2.75, 3.05) is 11.9 Å². The molecule has 7 heteroatoms. The van der Waals surface area contributed by atoms with Crippen LogP contribution in [0.25, 0.3) is 0 Å². The second kappa shape index (κ2) is 5.86. The maximum atomic E-state index is 11.3. The van der Waals surface area contributed by atoms with Crippen molar-refractivity contribution in [3.8, 4) is 0 Å². The van der Waals surface area contributed by atoms with Gasteiger partial charge >= 0.3 is 6.03 Å². The van der Waals surface area contributed by atoms with Crippen LogP contribution in [0.15, 0.2) is 30.9 Å². The summed E-state index contributed by atoms with van der Waals surface area (Å²) in [4.78, 5) is 21.2. The number of carbonyl (C=O) groups is 1. The zero-order chi connectivity index (χ0) is 12.8. The van der Waals surface area contributed by atoms with E-state index < -0.39 is 11.0 Å². The van der Waals surface area contributed by atoms with E-state index in [1.54, 1.807) is 0 Å². The summed E-state index contributed by atoms with van der Waals surface area (Å²) in [6.07, 6.45) is 1.52. The first-order valence-electron chi connectivity index (χ1n) is 4.64. The number of rotatable bonds is 4. The highest BCUT2D eigenvalue weighted by Crippen LogP contribution is 2.26. The van der Waals surface area contributed by atoms with Crippen LogP contribution in [-0.2, 0) is 0 Å². The van der Waals surface area contributed by atoms with E-state index in [1.165, 1.54) is 24.3 Å². The Hall–Kier alpha value is -2.08. The molecule has 0 bridgehead atoms. The smallest absolute Gasteiger partial charge is 0.319 e. The Morgan fingerprint density at radius 1 is 1.59 bits per heavy atom. The fourth-order valence-electron chi connectivity index (χ4n) is 1.05. The summed E-state index contributed by atoms with van der Waals surface area (Å²) in [7, 11) is 0. The van der Waals surface area contributed by atoms with Crippen molar-refractivity contribution in [2.24, 2.45) is 0 Å². The third-order valence-electron chi connectivity index (χ3n) is 1.82. The van der Waals surface area contributed by atoms with Crippen molar-refractivity contribution >= 4 is 29.0 Å². The number of non-ortho nitro benzene ring substituents is 1. The van der Waals surface area contributed by atoms with E-state index in [0.717, 1.165) is 0 Å². The second-order valence-corrected chi connectivity index (χ2v) is 3.45. The topological polar surface area (TPSA) is 84.3 Å². The van der Waals surface area contributed by atoms with Gasteiger partial charge in [-0.15, -0.1) is 6.58 Å². The maximum absolute atomic E-state index is 11.3. The molecule has 0 aromatic heterocycles. The predicted molar refractivity (Wildman–Crippen MR) is 65.3 cm³/mol. The summed E-state index contributed by atoms with van der Waals surface area (Å²) in [6.45, 7) is 3.76. The molecule has 0 fully saturated rings. The maximum Gasteiger partial charge on any atom is 0.319 e. The first kappa shape index (κ1) is 13.0. The SMILES string of the molecule is C=CCNC(=O)Nc1ccc([N+](=O)[O-])cc1Cl.